The van der Waals surface area contributed by atoms with Crippen LogP contribution in [-0.4, -0.2) is 12.5 Å². The minimum atomic E-state index is 0.632. The van der Waals surface area contributed by atoms with Gasteiger partial charge in [0, 0.05) is 10.9 Å². The molecule has 1 aromatic carbocycles. The average molecular weight is 249 g/mol. The Morgan fingerprint density at radius 2 is 1.93 bits per heavy atom. The number of ether oxygens (including phenoxy) is 1. The zero-order valence-electron chi connectivity index (χ0n) is 9.52. The van der Waals surface area contributed by atoms with Gasteiger partial charge >= 0.3 is 0 Å². The van der Waals surface area contributed by atoms with Crippen LogP contribution >= 0.6 is 23.2 Å². The maximum absolute atomic E-state index is 5.80. The molecular weight excluding hydrogens is 231 g/mol. The van der Waals surface area contributed by atoms with E-state index in [0.29, 0.717) is 12.5 Å². The first-order valence-electron chi connectivity index (χ1n) is 5.19. The number of hydrogen-bond acceptors (Lipinski definition) is 1. The van der Waals surface area contributed by atoms with Crippen LogP contribution in [0.1, 0.15) is 25.8 Å². The lowest BCUT2D eigenvalue weighted by molar-refractivity contribution is 0.316. The summed E-state index contributed by atoms with van der Waals surface area (Å²) in [6.07, 6.45) is 0.865. The molecule has 0 saturated heterocycles. The van der Waals surface area contributed by atoms with E-state index < -0.39 is 0 Å². The first-order chi connectivity index (χ1) is 7.24. The van der Waals surface area contributed by atoms with Gasteiger partial charge in [-0.3, -0.25) is 0 Å². The molecule has 0 spiro atoms. The van der Waals surface area contributed by atoms with Gasteiger partial charge in [0.15, 0.2) is 0 Å². The Balaban J connectivity index is 0.000000921. The molecule has 0 N–H and O–H groups in total. The van der Waals surface area contributed by atoms with Gasteiger partial charge in [0.05, 0.1) is 6.61 Å². The van der Waals surface area contributed by atoms with E-state index in [1.807, 2.05) is 39.0 Å². The van der Waals surface area contributed by atoms with Gasteiger partial charge in [0.2, 0.25) is 0 Å². The quantitative estimate of drug-likeness (QED) is 0.556. The third-order valence-corrected chi connectivity index (χ3v) is 2.17. The average Bonchev–Trinajstić information content (AvgIpc) is 2.24. The summed E-state index contributed by atoms with van der Waals surface area (Å²) in [4.78, 5) is 0. The molecule has 0 heterocycles. The van der Waals surface area contributed by atoms with E-state index in [9.17, 15) is 0 Å². The zero-order chi connectivity index (χ0) is 11.7. The smallest absolute Gasteiger partial charge is 0.122 e. The molecule has 0 aliphatic rings. The van der Waals surface area contributed by atoms with Crippen molar-refractivity contribution < 1.29 is 4.74 Å². The van der Waals surface area contributed by atoms with Gasteiger partial charge in [-0.2, -0.15) is 0 Å². The molecule has 1 aromatic rings. The van der Waals surface area contributed by atoms with E-state index in [-0.39, 0.29) is 0 Å². The van der Waals surface area contributed by atoms with E-state index in [1.165, 1.54) is 0 Å². The molecule has 0 bridgehead atoms. The molecule has 0 aliphatic carbocycles. The number of benzene rings is 1. The number of alkyl halides is 1. The van der Waals surface area contributed by atoms with Crippen molar-refractivity contribution in [2.24, 2.45) is 0 Å². The van der Waals surface area contributed by atoms with E-state index >= 15 is 0 Å². The largest absolute Gasteiger partial charge is 0.493 e. The summed E-state index contributed by atoms with van der Waals surface area (Å²) in [5.74, 6) is 1.52. The summed E-state index contributed by atoms with van der Waals surface area (Å²) in [5, 5.41) is 0.738. The van der Waals surface area contributed by atoms with Crippen LogP contribution in [0.25, 0.3) is 0 Å². The summed E-state index contributed by atoms with van der Waals surface area (Å²) in [6.45, 7) is 6.63. The van der Waals surface area contributed by atoms with Gasteiger partial charge in [-0.25, -0.2) is 0 Å². The normalized spacial score (nSPS) is 9.13. The Kier molecular flexibility index (Phi) is 8.64. The van der Waals surface area contributed by atoms with Crippen molar-refractivity contribution in [1.29, 1.82) is 0 Å². The standard InChI is InChI=1S/C10H12Cl2O.C2H6/c1-8-7-9(12)3-4-10(8)13-6-2-5-11;1-2/h3-4,7H,2,5-6H2,1H3;1-2H3. The van der Waals surface area contributed by atoms with Gasteiger partial charge in [-0.15, -0.1) is 11.6 Å². The first kappa shape index (κ1) is 14.6. The number of halogens is 2. The molecule has 1 rings (SSSR count). The Morgan fingerprint density at radius 1 is 1.27 bits per heavy atom. The topological polar surface area (TPSA) is 9.23 Å². The number of hydrogen-bond donors (Lipinski definition) is 0. The van der Waals surface area contributed by atoms with Crippen molar-refractivity contribution in [3.63, 3.8) is 0 Å². The van der Waals surface area contributed by atoms with E-state index in [1.54, 1.807) is 0 Å². The molecule has 0 aromatic heterocycles. The molecule has 0 fully saturated rings. The van der Waals surface area contributed by atoms with Gasteiger partial charge in [0.25, 0.3) is 0 Å². The summed E-state index contributed by atoms with van der Waals surface area (Å²) in [7, 11) is 0. The van der Waals surface area contributed by atoms with Crippen LogP contribution < -0.4 is 4.74 Å². The van der Waals surface area contributed by atoms with Crippen LogP contribution in [0.3, 0.4) is 0 Å². The van der Waals surface area contributed by atoms with Crippen molar-refractivity contribution in [3.05, 3.63) is 28.8 Å². The minimum Gasteiger partial charge on any atom is -0.493 e. The highest BCUT2D eigenvalue weighted by Crippen LogP contribution is 2.21. The highest BCUT2D eigenvalue weighted by molar-refractivity contribution is 6.30. The first-order valence-corrected chi connectivity index (χ1v) is 6.10. The van der Waals surface area contributed by atoms with Crippen LogP contribution in [-0.2, 0) is 0 Å². The lowest BCUT2D eigenvalue weighted by Crippen LogP contribution is -1.98. The van der Waals surface area contributed by atoms with Crippen molar-refractivity contribution in [3.8, 4) is 5.75 Å². The molecule has 0 saturated carbocycles. The van der Waals surface area contributed by atoms with Crippen LogP contribution in [0.15, 0.2) is 18.2 Å². The molecule has 3 heteroatoms. The van der Waals surface area contributed by atoms with Crippen molar-refractivity contribution in [2.75, 3.05) is 12.5 Å². The Labute approximate surface area is 102 Å². The molecule has 0 unspecified atom stereocenters. The molecule has 86 valence electrons. The summed E-state index contributed by atoms with van der Waals surface area (Å²) in [6, 6.07) is 5.59. The predicted molar refractivity (Wildman–Crippen MR) is 68.4 cm³/mol. The molecular formula is C12H18Cl2O. The fourth-order valence-corrected chi connectivity index (χ4v) is 1.35. The third-order valence-electron chi connectivity index (χ3n) is 1.67. The summed E-state index contributed by atoms with van der Waals surface area (Å²) in [5.41, 5.74) is 1.06. The molecule has 0 radical (unpaired) electrons. The highest BCUT2D eigenvalue weighted by Gasteiger charge is 1.99. The SMILES string of the molecule is CC.Cc1cc(Cl)ccc1OCCCCl. The van der Waals surface area contributed by atoms with E-state index in [2.05, 4.69) is 0 Å². The summed E-state index contributed by atoms with van der Waals surface area (Å²) >= 11 is 11.3. The number of rotatable bonds is 4. The lowest BCUT2D eigenvalue weighted by atomic mass is 10.2. The Morgan fingerprint density at radius 3 is 2.47 bits per heavy atom. The second kappa shape index (κ2) is 8.87. The maximum Gasteiger partial charge on any atom is 0.122 e. The van der Waals surface area contributed by atoms with Crippen molar-refractivity contribution in [1.82, 2.24) is 0 Å². The van der Waals surface area contributed by atoms with Gasteiger partial charge < -0.3 is 4.74 Å². The Hall–Kier alpha value is -0.400. The maximum atomic E-state index is 5.80. The highest BCUT2D eigenvalue weighted by atomic mass is 35.5. The Bertz CT molecular complexity index is 274. The van der Waals surface area contributed by atoms with Gasteiger partial charge in [0.1, 0.15) is 5.75 Å². The second-order valence-electron chi connectivity index (χ2n) is 2.80. The van der Waals surface area contributed by atoms with Crippen LogP contribution in [0, 0.1) is 6.92 Å². The fourth-order valence-electron chi connectivity index (χ4n) is 1.01. The molecule has 0 amide bonds. The van der Waals surface area contributed by atoms with Gasteiger partial charge in [-0.1, -0.05) is 25.4 Å². The van der Waals surface area contributed by atoms with Crippen molar-refractivity contribution in [2.45, 2.75) is 27.2 Å². The number of aryl methyl sites for hydroxylation is 1. The summed E-state index contributed by atoms with van der Waals surface area (Å²) < 4.78 is 5.49. The lowest BCUT2D eigenvalue weighted by Gasteiger charge is -2.07. The third kappa shape index (κ3) is 5.91. The van der Waals surface area contributed by atoms with Gasteiger partial charge in [-0.05, 0) is 37.1 Å². The fraction of sp³-hybridized carbons (Fsp3) is 0.500. The monoisotopic (exact) mass is 248 g/mol. The van der Waals surface area contributed by atoms with Crippen LogP contribution in [0.2, 0.25) is 5.02 Å². The zero-order valence-corrected chi connectivity index (χ0v) is 11.0. The molecule has 0 atom stereocenters. The van der Waals surface area contributed by atoms with E-state index in [4.69, 9.17) is 27.9 Å². The molecule has 0 aliphatic heterocycles. The predicted octanol–water partition coefficient (Wildman–Crippen LogP) is 4.68. The van der Waals surface area contributed by atoms with Crippen molar-refractivity contribution >= 4 is 23.2 Å². The van der Waals surface area contributed by atoms with Crippen LogP contribution in [0.5, 0.6) is 5.75 Å². The minimum absolute atomic E-state index is 0.632. The van der Waals surface area contributed by atoms with E-state index in [0.717, 1.165) is 22.8 Å². The second-order valence-corrected chi connectivity index (χ2v) is 3.62. The molecule has 1 nitrogen and oxygen atoms in total. The molecule has 15 heavy (non-hydrogen) atoms. The van der Waals surface area contributed by atoms with Crippen LogP contribution in [0.4, 0.5) is 0 Å².